The van der Waals surface area contributed by atoms with E-state index in [2.05, 4.69) is 4.72 Å². The van der Waals surface area contributed by atoms with Gasteiger partial charge in [-0.3, -0.25) is 4.72 Å². The number of thiophene rings is 1. The van der Waals surface area contributed by atoms with Crippen molar-refractivity contribution in [3.63, 3.8) is 0 Å². The van der Waals surface area contributed by atoms with Gasteiger partial charge in [0.15, 0.2) is 0 Å². The maximum atomic E-state index is 12.1. The minimum atomic E-state index is -3.74. The van der Waals surface area contributed by atoms with Gasteiger partial charge in [0.25, 0.3) is 10.0 Å². The van der Waals surface area contributed by atoms with E-state index in [9.17, 15) is 13.2 Å². The summed E-state index contributed by atoms with van der Waals surface area (Å²) in [5.74, 6) is -1.12. The highest BCUT2D eigenvalue weighted by Crippen LogP contribution is 2.27. The number of hydrogen-bond acceptors (Lipinski definition) is 4. The summed E-state index contributed by atoms with van der Waals surface area (Å²) < 4.78 is 26.6. The average Bonchev–Trinajstić information content (AvgIpc) is 2.73. The first-order chi connectivity index (χ1) is 8.90. The van der Waals surface area contributed by atoms with Crippen molar-refractivity contribution in [2.45, 2.75) is 11.1 Å². The normalized spacial score (nSPS) is 11.2. The highest BCUT2D eigenvalue weighted by Gasteiger charge is 2.21. The van der Waals surface area contributed by atoms with Gasteiger partial charge in [-0.2, -0.15) is 0 Å². The zero-order valence-electron chi connectivity index (χ0n) is 9.95. The molecule has 0 atom stereocenters. The second-order valence-corrected chi connectivity index (χ2v) is 6.82. The van der Waals surface area contributed by atoms with E-state index in [0.717, 1.165) is 11.3 Å². The third-order valence-electron chi connectivity index (χ3n) is 2.38. The Balaban J connectivity index is 2.35. The van der Waals surface area contributed by atoms with Crippen LogP contribution in [0.15, 0.2) is 40.6 Å². The van der Waals surface area contributed by atoms with E-state index in [-0.39, 0.29) is 9.09 Å². The molecule has 0 fully saturated rings. The third kappa shape index (κ3) is 2.94. The Labute approximate surface area is 114 Å². The molecular weight excluding hydrogens is 286 g/mol. The largest absolute Gasteiger partial charge is 0.477 e. The average molecular weight is 297 g/mol. The summed E-state index contributed by atoms with van der Waals surface area (Å²) in [7, 11) is -3.74. The molecule has 1 heterocycles. The van der Waals surface area contributed by atoms with Gasteiger partial charge < -0.3 is 5.11 Å². The molecule has 0 unspecified atom stereocenters. The lowest BCUT2D eigenvalue weighted by atomic mass is 10.3. The van der Waals surface area contributed by atoms with Crippen LogP contribution in [0.5, 0.6) is 0 Å². The number of anilines is 1. The number of carboxylic acid groups (broad SMARTS) is 1. The molecule has 0 spiro atoms. The van der Waals surface area contributed by atoms with Crippen molar-refractivity contribution in [3.8, 4) is 0 Å². The van der Waals surface area contributed by atoms with Crippen molar-refractivity contribution < 1.29 is 18.3 Å². The van der Waals surface area contributed by atoms with Gasteiger partial charge in [-0.1, -0.05) is 18.2 Å². The summed E-state index contributed by atoms with van der Waals surface area (Å²) in [5, 5.41) is 8.93. The summed E-state index contributed by atoms with van der Waals surface area (Å²) in [6.45, 7) is 1.57. The van der Waals surface area contributed by atoms with E-state index >= 15 is 0 Å². The summed E-state index contributed by atoms with van der Waals surface area (Å²) >= 11 is 0.744. The lowest BCUT2D eigenvalue weighted by Gasteiger charge is -2.05. The van der Waals surface area contributed by atoms with Gasteiger partial charge in [-0.15, -0.1) is 11.3 Å². The number of sulfonamides is 1. The van der Waals surface area contributed by atoms with Crippen LogP contribution in [-0.2, 0) is 10.0 Å². The van der Waals surface area contributed by atoms with Crippen molar-refractivity contribution in [3.05, 3.63) is 46.8 Å². The molecule has 7 heteroatoms. The van der Waals surface area contributed by atoms with Crippen molar-refractivity contribution in [1.82, 2.24) is 0 Å². The van der Waals surface area contributed by atoms with Gasteiger partial charge in [-0.05, 0) is 30.7 Å². The molecule has 0 aliphatic heterocycles. The number of aryl methyl sites for hydroxylation is 1. The van der Waals surface area contributed by atoms with E-state index in [1.807, 2.05) is 0 Å². The second-order valence-electron chi connectivity index (χ2n) is 3.85. The highest BCUT2D eigenvalue weighted by atomic mass is 32.2. The summed E-state index contributed by atoms with van der Waals surface area (Å²) in [6.07, 6.45) is 0. The van der Waals surface area contributed by atoms with Crippen LogP contribution in [0.25, 0.3) is 0 Å². The van der Waals surface area contributed by atoms with Crippen molar-refractivity contribution >= 4 is 33.0 Å². The van der Waals surface area contributed by atoms with Gasteiger partial charge in [0, 0.05) is 5.69 Å². The topological polar surface area (TPSA) is 83.5 Å². The number of carboxylic acids is 1. The molecule has 1 aromatic heterocycles. The molecule has 0 saturated heterocycles. The molecular formula is C12H11NO4S2. The van der Waals surface area contributed by atoms with Gasteiger partial charge in [0.2, 0.25) is 0 Å². The van der Waals surface area contributed by atoms with Gasteiger partial charge >= 0.3 is 5.97 Å². The van der Waals surface area contributed by atoms with Crippen LogP contribution in [0.3, 0.4) is 0 Å². The van der Waals surface area contributed by atoms with Crippen molar-refractivity contribution in [2.75, 3.05) is 4.72 Å². The molecule has 100 valence electrons. The molecule has 0 amide bonds. The van der Waals surface area contributed by atoms with Crippen LogP contribution in [0.2, 0.25) is 0 Å². The van der Waals surface area contributed by atoms with E-state index in [4.69, 9.17) is 5.11 Å². The van der Waals surface area contributed by atoms with Crippen LogP contribution in [0.4, 0.5) is 5.69 Å². The molecule has 0 bridgehead atoms. The molecule has 2 rings (SSSR count). The van der Waals surface area contributed by atoms with Crippen molar-refractivity contribution in [1.29, 1.82) is 0 Å². The van der Waals surface area contributed by atoms with Gasteiger partial charge in [-0.25, -0.2) is 13.2 Å². The van der Waals surface area contributed by atoms with Crippen LogP contribution < -0.4 is 4.72 Å². The molecule has 0 radical (unpaired) electrons. The predicted octanol–water partition coefficient (Wildman–Crippen LogP) is 2.56. The fraction of sp³-hybridized carbons (Fsp3) is 0.0833. The maximum absolute atomic E-state index is 12.1. The third-order valence-corrected chi connectivity index (χ3v) is 5.46. The smallest absolute Gasteiger partial charge is 0.346 e. The molecule has 1 aromatic carbocycles. The first-order valence-corrected chi connectivity index (χ1v) is 7.62. The van der Waals surface area contributed by atoms with Crippen LogP contribution >= 0.6 is 11.3 Å². The Morgan fingerprint density at radius 2 is 1.89 bits per heavy atom. The first-order valence-electron chi connectivity index (χ1n) is 5.32. The second kappa shape index (κ2) is 5.02. The molecule has 19 heavy (non-hydrogen) atoms. The van der Waals surface area contributed by atoms with E-state index < -0.39 is 16.0 Å². The number of para-hydroxylation sites is 1. The SMILES string of the molecule is Cc1cc(S(=O)(=O)Nc2ccccc2)sc1C(=O)O. The Morgan fingerprint density at radius 3 is 2.42 bits per heavy atom. The number of nitrogens with one attached hydrogen (secondary N) is 1. The molecule has 0 aliphatic rings. The zero-order chi connectivity index (χ0) is 14.0. The van der Waals surface area contributed by atoms with Crippen LogP contribution in [0, 0.1) is 6.92 Å². The molecule has 0 saturated carbocycles. The Bertz CT molecular complexity index is 705. The van der Waals surface area contributed by atoms with E-state index in [1.54, 1.807) is 37.3 Å². The van der Waals surface area contributed by atoms with E-state index in [0.29, 0.717) is 11.3 Å². The number of aromatic carboxylic acids is 1. The quantitative estimate of drug-likeness (QED) is 0.908. The minimum absolute atomic E-state index is 0.00810. The first kappa shape index (κ1) is 13.6. The minimum Gasteiger partial charge on any atom is -0.477 e. The molecule has 0 aliphatic carbocycles. The number of hydrogen-bond donors (Lipinski definition) is 2. The Kier molecular flexibility index (Phi) is 3.59. The number of carbonyl (C=O) groups is 1. The van der Waals surface area contributed by atoms with E-state index in [1.165, 1.54) is 6.07 Å². The fourth-order valence-corrected chi connectivity index (χ4v) is 3.95. The van der Waals surface area contributed by atoms with Gasteiger partial charge in [0.05, 0.1) is 0 Å². The summed E-state index contributed by atoms with van der Waals surface area (Å²) in [5.41, 5.74) is 0.872. The number of rotatable bonds is 4. The summed E-state index contributed by atoms with van der Waals surface area (Å²) in [4.78, 5) is 11.0. The van der Waals surface area contributed by atoms with Crippen LogP contribution in [-0.4, -0.2) is 19.5 Å². The Morgan fingerprint density at radius 1 is 1.26 bits per heavy atom. The fourth-order valence-electron chi connectivity index (χ4n) is 1.51. The van der Waals surface area contributed by atoms with Crippen LogP contribution in [0.1, 0.15) is 15.2 Å². The Hall–Kier alpha value is -1.86. The lowest BCUT2D eigenvalue weighted by Crippen LogP contribution is -2.11. The molecule has 2 N–H and O–H groups in total. The highest BCUT2D eigenvalue weighted by molar-refractivity contribution is 7.94. The standard InChI is InChI=1S/C12H11NO4S2/c1-8-7-10(18-11(8)12(14)15)19(16,17)13-9-5-3-2-4-6-9/h2-7,13H,1H3,(H,14,15). The molecule has 2 aromatic rings. The zero-order valence-corrected chi connectivity index (χ0v) is 11.6. The maximum Gasteiger partial charge on any atom is 0.346 e. The predicted molar refractivity (Wildman–Crippen MR) is 73.3 cm³/mol. The van der Waals surface area contributed by atoms with Gasteiger partial charge in [0.1, 0.15) is 9.09 Å². The lowest BCUT2D eigenvalue weighted by molar-refractivity contribution is 0.0701. The molecule has 5 nitrogen and oxygen atoms in total. The van der Waals surface area contributed by atoms with Crippen molar-refractivity contribution in [2.24, 2.45) is 0 Å². The number of benzene rings is 1. The summed E-state index contributed by atoms with van der Waals surface area (Å²) in [6, 6.07) is 9.79. The monoisotopic (exact) mass is 297 g/mol.